The molecule has 29 heavy (non-hydrogen) atoms. The highest BCUT2D eigenvalue weighted by atomic mass is 16.6. The maximum absolute atomic E-state index is 12.2. The largest absolute Gasteiger partial charge is 0.502 e. The van der Waals surface area contributed by atoms with Crippen LogP contribution in [0.3, 0.4) is 0 Å². The Morgan fingerprint density at radius 1 is 0.793 bits per heavy atom. The number of hydrogen-bond acceptors (Lipinski definition) is 7. The van der Waals surface area contributed by atoms with Gasteiger partial charge in [-0.1, -0.05) is 6.07 Å². The molecule has 0 bridgehead atoms. The molecule has 0 aliphatic carbocycles. The number of rotatable bonds is 8. The van der Waals surface area contributed by atoms with Gasteiger partial charge in [0.05, 0.1) is 21.3 Å². The Kier molecular flexibility index (Phi) is 7.25. The lowest BCUT2D eigenvalue weighted by Gasteiger charge is -2.10. The molecule has 0 atom stereocenters. The Balaban J connectivity index is 2.17. The maximum Gasteiger partial charge on any atom is 0.336 e. The van der Waals surface area contributed by atoms with Crippen LogP contribution in [0.15, 0.2) is 42.5 Å². The lowest BCUT2D eigenvalue weighted by Crippen LogP contribution is -2.05. The number of carbonyl (C=O) groups is 2. The summed E-state index contributed by atoms with van der Waals surface area (Å²) >= 11 is 0. The number of methoxy groups -OCH3 is 3. The van der Waals surface area contributed by atoms with Crippen molar-refractivity contribution in [1.82, 2.24) is 0 Å². The standard InChI is InChI=1S/C21H20O8/c1-26-16-10-13(5-8-19(22)23)4-7-15(16)29-20(24)9-6-14-11-17(27-2)21(25)18(12-14)28-3/h4-12,25H,1-3H3,(H,22,23). The Labute approximate surface area is 167 Å². The third-order valence-electron chi connectivity index (χ3n) is 3.73. The Morgan fingerprint density at radius 3 is 1.90 bits per heavy atom. The van der Waals surface area contributed by atoms with Gasteiger partial charge in [0, 0.05) is 12.2 Å². The predicted octanol–water partition coefficient (Wildman–Crippen LogP) is 3.13. The minimum Gasteiger partial charge on any atom is -0.502 e. The van der Waals surface area contributed by atoms with E-state index in [1.165, 1.54) is 57.8 Å². The van der Waals surface area contributed by atoms with Crippen LogP contribution >= 0.6 is 0 Å². The molecule has 0 aromatic heterocycles. The quantitative estimate of drug-likeness (QED) is 0.395. The van der Waals surface area contributed by atoms with Gasteiger partial charge in [-0.25, -0.2) is 9.59 Å². The van der Waals surface area contributed by atoms with Crippen molar-refractivity contribution in [2.45, 2.75) is 0 Å². The molecule has 0 amide bonds. The Morgan fingerprint density at radius 2 is 1.34 bits per heavy atom. The summed E-state index contributed by atoms with van der Waals surface area (Å²) in [7, 11) is 4.21. The van der Waals surface area contributed by atoms with Gasteiger partial charge in [0.1, 0.15) is 0 Å². The molecular weight excluding hydrogens is 380 g/mol. The Hall–Kier alpha value is -3.94. The van der Waals surface area contributed by atoms with Crippen LogP contribution in [0.5, 0.6) is 28.7 Å². The number of benzene rings is 2. The van der Waals surface area contributed by atoms with Crippen molar-refractivity contribution in [2.75, 3.05) is 21.3 Å². The van der Waals surface area contributed by atoms with Gasteiger partial charge in [-0.15, -0.1) is 0 Å². The number of phenols is 1. The number of ether oxygens (including phenoxy) is 4. The summed E-state index contributed by atoms with van der Waals surface area (Å²) in [6.45, 7) is 0. The van der Waals surface area contributed by atoms with Crippen LogP contribution in [0.1, 0.15) is 11.1 Å². The van der Waals surface area contributed by atoms with Gasteiger partial charge in [-0.3, -0.25) is 0 Å². The van der Waals surface area contributed by atoms with Crippen molar-refractivity contribution in [3.05, 3.63) is 53.6 Å². The number of esters is 1. The number of carboxylic acid groups (broad SMARTS) is 1. The van der Waals surface area contributed by atoms with Crippen LogP contribution in [-0.4, -0.2) is 43.5 Å². The third-order valence-corrected chi connectivity index (χ3v) is 3.73. The van der Waals surface area contributed by atoms with Gasteiger partial charge < -0.3 is 29.2 Å². The van der Waals surface area contributed by atoms with E-state index in [2.05, 4.69) is 0 Å². The van der Waals surface area contributed by atoms with E-state index in [9.17, 15) is 14.7 Å². The van der Waals surface area contributed by atoms with Gasteiger partial charge in [-0.05, 0) is 47.5 Å². The minimum absolute atomic E-state index is 0.142. The second-order valence-corrected chi connectivity index (χ2v) is 5.61. The summed E-state index contributed by atoms with van der Waals surface area (Å²) in [5, 5.41) is 18.6. The van der Waals surface area contributed by atoms with Crippen molar-refractivity contribution in [3.63, 3.8) is 0 Å². The molecule has 0 saturated heterocycles. The molecule has 2 rings (SSSR count). The highest BCUT2D eigenvalue weighted by molar-refractivity contribution is 5.89. The summed E-state index contributed by atoms with van der Waals surface area (Å²) in [6, 6.07) is 7.70. The van der Waals surface area contributed by atoms with Crippen LogP contribution < -0.4 is 18.9 Å². The average Bonchev–Trinajstić information content (AvgIpc) is 2.72. The molecular formula is C21H20O8. The van der Waals surface area contributed by atoms with Crippen molar-refractivity contribution in [2.24, 2.45) is 0 Å². The first kappa shape index (κ1) is 21.4. The molecule has 0 fully saturated rings. The fourth-order valence-electron chi connectivity index (χ4n) is 2.36. The minimum atomic E-state index is -1.08. The van der Waals surface area contributed by atoms with Crippen LogP contribution in [0.4, 0.5) is 0 Å². The molecule has 0 saturated carbocycles. The number of phenolic OH excluding ortho intramolecular Hbond substituents is 1. The summed E-state index contributed by atoms with van der Waals surface area (Å²) in [4.78, 5) is 22.8. The molecule has 2 N–H and O–H groups in total. The monoisotopic (exact) mass is 400 g/mol. The summed E-state index contributed by atoms with van der Waals surface area (Å²) in [5.41, 5.74) is 1.12. The van der Waals surface area contributed by atoms with Crippen molar-refractivity contribution in [3.8, 4) is 28.7 Å². The number of aliphatic carboxylic acids is 1. The SMILES string of the molecule is COc1cc(C=CC(=O)O)ccc1OC(=O)C=Cc1cc(OC)c(O)c(OC)c1. The molecule has 0 spiro atoms. The molecule has 2 aromatic carbocycles. The molecule has 152 valence electrons. The van der Waals surface area contributed by atoms with Crippen molar-refractivity contribution < 1.29 is 38.7 Å². The zero-order valence-electron chi connectivity index (χ0n) is 16.0. The fourth-order valence-corrected chi connectivity index (χ4v) is 2.36. The van der Waals surface area contributed by atoms with Crippen LogP contribution in [0, 0.1) is 0 Å². The smallest absolute Gasteiger partial charge is 0.336 e. The Bertz CT molecular complexity index is 934. The van der Waals surface area contributed by atoms with E-state index in [-0.39, 0.29) is 28.7 Å². The molecule has 0 radical (unpaired) electrons. The summed E-state index contributed by atoms with van der Waals surface area (Å²) in [5.74, 6) is -1.04. The van der Waals surface area contributed by atoms with E-state index >= 15 is 0 Å². The molecule has 0 unspecified atom stereocenters. The van der Waals surface area contributed by atoms with Crippen LogP contribution in [0.25, 0.3) is 12.2 Å². The van der Waals surface area contributed by atoms with E-state index in [0.29, 0.717) is 11.1 Å². The molecule has 8 heteroatoms. The van der Waals surface area contributed by atoms with E-state index < -0.39 is 11.9 Å². The highest BCUT2D eigenvalue weighted by Crippen LogP contribution is 2.37. The van der Waals surface area contributed by atoms with Gasteiger partial charge in [0.25, 0.3) is 0 Å². The topological polar surface area (TPSA) is 112 Å². The third kappa shape index (κ3) is 5.77. The molecule has 0 heterocycles. The van der Waals surface area contributed by atoms with Gasteiger partial charge in [0.2, 0.25) is 5.75 Å². The summed E-state index contributed by atoms with van der Waals surface area (Å²) < 4.78 is 20.6. The number of hydrogen-bond donors (Lipinski definition) is 2. The number of carbonyl (C=O) groups excluding carboxylic acids is 1. The summed E-state index contributed by atoms with van der Waals surface area (Å²) in [6.07, 6.45) is 5.05. The van der Waals surface area contributed by atoms with Gasteiger partial charge in [-0.2, -0.15) is 0 Å². The predicted molar refractivity (Wildman–Crippen MR) is 106 cm³/mol. The van der Waals surface area contributed by atoms with Crippen molar-refractivity contribution >= 4 is 24.1 Å². The van der Waals surface area contributed by atoms with E-state index in [1.807, 2.05) is 0 Å². The zero-order chi connectivity index (χ0) is 21.4. The highest BCUT2D eigenvalue weighted by Gasteiger charge is 2.11. The first-order chi connectivity index (χ1) is 13.9. The second-order valence-electron chi connectivity index (χ2n) is 5.61. The average molecular weight is 400 g/mol. The first-order valence-corrected chi connectivity index (χ1v) is 8.31. The van der Waals surface area contributed by atoms with E-state index in [4.69, 9.17) is 24.1 Å². The number of aromatic hydroxyl groups is 1. The second kappa shape index (κ2) is 9.84. The van der Waals surface area contributed by atoms with Gasteiger partial charge in [0.15, 0.2) is 23.0 Å². The number of carboxylic acids is 1. The van der Waals surface area contributed by atoms with Crippen LogP contribution in [0.2, 0.25) is 0 Å². The van der Waals surface area contributed by atoms with Gasteiger partial charge >= 0.3 is 11.9 Å². The van der Waals surface area contributed by atoms with E-state index in [0.717, 1.165) is 6.08 Å². The van der Waals surface area contributed by atoms with E-state index in [1.54, 1.807) is 12.1 Å². The maximum atomic E-state index is 12.2. The molecule has 8 nitrogen and oxygen atoms in total. The zero-order valence-corrected chi connectivity index (χ0v) is 16.0. The lowest BCUT2D eigenvalue weighted by atomic mass is 10.1. The molecule has 2 aromatic rings. The fraction of sp³-hybridized carbons (Fsp3) is 0.143. The normalized spacial score (nSPS) is 10.9. The molecule has 0 aliphatic heterocycles. The van der Waals surface area contributed by atoms with Crippen LogP contribution in [-0.2, 0) is 9.59 Å². The molecule has 0 aliphatic rings. The lowest BCUT2D eigenvalue weighted by molar-refractivity contribution is -0.131. The van der Waals surface area contributed by atoms with Crippen molar-refractivity contribution in [1.29, 1.82) is 0 Å². The first-order valence-electron chi connectivity index (χ1n) is 8.31.